The number of benzene rings is 1. The minimum absolute atomic E-state index is 0.0356. The van der Waals surface area contributed by atoms with Gasteiger partial charge in [-0.2, -0.15) is 10.2 Å². The number of hydrogen-bond donors (Lipinski definition) is 2. The number of rotatable bonds is 5. The number of hydrogen-bond acceptors (Lipinski definition) is 6. The molecule has 1 aromatic carbocycles. The Morgan fingerprint density at radius 1 is 1.31 bits per heavy atom. The molecular formula is C17H15N5O3S. The summed E-state index contributed by atoms with van der Waals surface area (Å²) in [6.07, 6.45) is 0. The van der Waals surface area contributed by atoms with E-state index in [0.29, 0.717) is 11.3 Å². The summed E-state index contributed by atoms with van der Waals surface area (Å²) < 4.78 is 0. The lowest BCUT2D eigenvalue weighted by atomic mass is 10.1. The second-order valence-corrected chi connectivity index (χ2v) is 6.81. The number of H-pyrrole nitrogens is 1. The van der Waals surface area contributed by atoms with Crippen LogP contribution >= 0.6 is 11.3 Å². The van der Waals surface area contributed by atoms with E-state index in [0.717, 1.165) is 15.4 Å². The van der Waals surface area contributed by atoms with Crippen molar-refractivity contribution in [2.45, 2.75) is 13.8 Å². The van der Waals surface area contributed by atoms with Crippen molar-refractivity contribution >= 4 is 28.6 Å². The summed E-state index contributed by atoms with van der Waals surface area (Å²) in [6, 6.07) is 11.6. The number of hydrazone groups is 1. The maximum absolute atomic E-state index is 12.2. The fourth-order valence-electron chi connectivity index (χ4n) is 2.24. The average Bonchev–Trinajstić information content (AvgIpc) is 3.28. The molecule has 0 unspecified atom stereocenters. The van der Waals surface area contributed by atoms with E-state index in [9.17, 15) is 14.9 Å². The van der Waals surface area contributed by atoms with Gasteiger partial charge in [-0.25, -0.2) is 5.43 Å². The van der Waals surface area contributed by atoms with Crippen molar-refractivity contribution in [3.63, 3.8) is 0 Å². The van der Waals surface area contributed by atoms with Crippen molar-refractivity contribution in [3.8, 4) is 10.6 Å². The van der Waals surface area contributed by atoms with Gasteiger partial charge in [0.25, 0.3) is 11.6 Å². The van der Waals surface area contributed by atoms with Gasteiger partial charge in [-0.1, -0.05) is 12.1 Å². The Morgan fingerprint density at radius 3 is 2.81 bits per heavy atom. The second-order valence-electron chi connectivity index (χ2n) is 5.52. The van der Waals surface area contributed by atoms with Crippen LogP contribution in [-0.4, -0.2) is 26.7 Å². The average molecular weight is 369 g/mol. The van der Waals surface area contributed by atoms with Gasteiger partial charge in [0.2, 0.25) is 0 Å². The summed E-state index contributed by atoms with van der Waals surface area (Å²) in [5.74, 6) is -0.467. The molecule has 3 rings (SSSR count). The second kappa shape index (κ2) is 7.28. The highest BCUT2D eigenvalue weighted by atomic mass is 32.1. The van der Waals surface area contributed by atoms with E-state index in [1.807, 2.05) is 19.1 Å². The van der Waals surface area contributed by atoms with Gasteiger partial charge in [0.15, 0.2) is 5.69 Å². The Morgan fingerprint density at radius 2 is 2.12 bits per heavy atom. The molecule has 3 aromatic rings. The number of aryl methyl sites for hydroxylation is 1. The molecule has 0 radical (unpaired) electrons. The fourth-order valence-corrected chi connectivity index (χ4v) is 3.08. The third-order valence-electron chi connectivity index (χ3n) is 3.62. The SMILES string of the molecule is CC(=NNC(=O)c1cc(-c2ccc(C)s2)[nH]n1)c1cccc([N+](=O)[O-])c1. The van der Waals surface area contributed by atoms with Crippen LogP contribution in [0.15, 0.2) is 47.6 Å². The zero-order valence-corrected chi connectivity index (χ0v) is 14.8. The van der Waals surface area contributed by atoms with Gasteiger partial charge >= 0.3 is 0 Å². The number of nitrogens with zero attached hydrogens (tertiary/aromatic N) is 3. The van der Waals surface area contributed by atoms with Crippen molar-refractivity contribution in [2.24, 2.45) is 5.10 Å². The summed E-state index contributed by atoms with van der Waals surface area (Å²) in [5, 5.41) is 21.7. The predicted molar refractivity (Wildman–Crippen MR) is 99.4 cm³/mol. The Bertz CT molecular complexity index is 1010. The number of aromatic amines is 1. The molecule has 132 valence electrons. The van der Waals surface area contributed by atoms with E-state index < -0.39 is 10.8 Å². The highest BCUT2D eigenvalue weighted by Gasteiger charge is 2.13. The Kier molecular flexibility index (Phi) is 4.90. The molecule has 0 fully saturated rings. The van der Waals surface area contributed by atoms with Crippen LogP contribution in [0.3, 0.4) is 0 Å². The van der Waals surface area contributed by atoms with E-state index in [-0.39, 0.29) is 11.4 Å². The molecule has 0 aliphatic heterocycles. The van der Waals surface area contributed by atoms with Crippen LogP contribution < -0.4 is 5.43 Å². The third kappa shape index (κ3) is 3.83. The molecule has 0 saturated heterocycles. The van der Waals surface area contributed by atoms with Gasteiger partial charge < -0.3 is 0 Å². The number of nitro groups is 1. The minimum Gasteiger partial charge on any atom is -0.276 e. The minimum atomic E-state index is -0.479. The van der Waals surface area contributed by atoms with Gasteiger partial charge in [0, 0.05) is 22.6 Å². The summed E-state index contributed by atoms with van der Waals surface area (Å²) in [4.78, 5) is 24.7. The van der Waals surface area contributed by atoms with Gasteiger partial charge in [0.05, 0.1) is 21.2 Å². The van der Waals surface area contributed by atoms with Gasteiger partial charge in [-0.15, -0.1) is 11.3 Å². The molecule has 1 amide bonds. The van der Waals surface area contributed by atoms with Crippen LogP contribution in [0.4, 0.5) is 5.69 Å². The summed E-state index contributed by atoms with van der Waals surface area (Å²) in [6.45, 7) is 3.66. The topological polar surface area (TPSA) is 113 Å². The number of amides is 1. The molecule has 9 heteroatoms. The number of thiophene rings is 1. The lowest BCUT2D eigenvalue weighted by Crippen LogP contribution is -2.19. The first-order valence-corrected chi connectivity index (χ1v) is 8.47. The van der Waals surface area contributed by atoms with Crippen molar-refractivity contribution in [1.82, 2.24) is 15.6 Å². The Labute approximate surface area is 152 Å². The summed E-state index contributed by atoms with van der Waals surface area (Å²) in [5.41, 5.74) is 4.35. The zero-order valence-electron chi connectivity index (χ0n) is 14.0. The molecule has 2 heterocycles. The summed E-state index contributed by atoms with van der Waals surface area (Å²) >= 11 is 1.60. The first kappa shape index (κ1) is 17.5. The molecular weight excluding hydrogens is 354 g/mol. The number of aromatic nitrogens is 2. The molecule has 0 atom stereocenters. The van der Waals surface area contributed by atoms with Crippen molar-refractivity contribution in [3.05, 3.63) is 68.7 Å². The molecule has 2 aromatic heterocycles. The van der Waals surface area contributed by atoms with Crippen LogP contribution in [0, 0.1) is 17.0 Å². The Balaban J connectivity index is 1.72. The molecule has 0 spiro atoms. The lowest BCUT2D eigenvalue weighted by molar-refractivity contribution is -0.384. The number of non-ortho nitro benzene ring substituents is 1. The van der Waals surface area contributed by atoms with Crippen LogP contribution in [-0.2, 0) is 0 Å². The van der Waals surface area contributed by atoms with Crippen LogP contribution in [0.25, 0.3) is 10.6 Å². The number of nitro benzene ring substituents is 1. The van der Waals surface area contributed by atoms with Crippen LogP contribution in [0.5, 0.6) is 0 Å². The fraction of sp³-hybridized carbons (Fsp3) is 0.118. The van der Waals surface area contributed by atoms with E-state index in [1.54, 1.807) is 36.5 Å². The maximum Gasteiger partial charge on any atom is 0.291 e. The molecule has 2 N–H and O–H groups in total. The van der Waals surface area contributed by atoms with Gasteiger partial charge in [0.1, 0.15) is 0 Å². The molecule has 0 aliphatic rings. The van der Waals surface area contributed by atoms with Crippen molar-refractivity contribution in [2.75, 3.05) is 0 Å². The van der Waals surface area contributed by atoms with E-state index >= 15 is 0 Å². The quantitative estimate of drug-likeness (QED) is 0.407. The lowest BCUT2D eigenvalue weighted by Gasteiger charge is -2.01. The van der Waals surface area contributed by atoms with E-state index in [4.69, 9.17) is 0 Å². The van der Waals surface area contributed by atoms with E-state index in [2.05, 4.69) is 20.7 Å². The van der Waals surface area contributed by atoms with Gasteiger partial charge in [-0.05, 0) is 32.0 Å². The van der Waals surface area contributed by atoms with Crippen molar-refractivity contribution in [1.29, 1.82) is 0 Å². The highest BCUT2D eigenvalue weighted by molar-refractivity contribution is 7.15. The number of carbonyl (C=O) groups is 1. The van der Waals surface area contributed by atoms with Crippen LogP contribution in [0.1, 0.15) is 27.9 Å². The predicted octanol–water partition coefficient (Wildman–Crippen LogP) is 3.51. The molecule has 0 bridgehead atoms. The molecule has 0 aliphatic carbocycles. The maximum atomic E-state index is 12.2. The monoisotopic (exact) mass is 369 g/mol. The van der Waals surface area contributed by atoms with E-state index in [1.165, 1.54) is 12.1 Å². The first-order chi connectivity index (χ1) is 12.4. The zero-order chi connectivity index (χ0) is 18.7. The largest absolute Gasteiger partial charge is 0.291 e. The Hall–Kier alpha value is -3.33. The first-order valence-electron chi connectivity index (χ1n) is 7.65. The molecule has 0 saturated carbocycles. The molecule has 8 nitrogen and oxygen atoms in total. The van der Waals surface area contributed by atoms with Crippen molar-refractivity contribution < 1.29 is 9.72 Å². The number of carbonyl (C=O) groups excluding carboxylic acids is 1. The third-order valence-corrected chi connectivity index (χ3v) is 4.65. The standard InChI is InChI=1S/C17H15N5O3S/c1-10-6-7-16(26-10)14-9-15(20-19-14)17(23)21-18-11(2)12-4-3-5-13(8-12)22(24)25/h3-9H,1-2H3,(H,19,20)(H,21,23). The van der Waals surface area contributed by atoms with Gasteiger partial charge in [-0.3, -0.25) is 20.0 Å². The highest BCUT2D eigenvalue weighted by Crippen LogP contribution is 2.26. The number of nitrogens with one attached hydrogen (secondary N) is 2. The summed E-state index contributed by atoms with van der Waals surface area (Å²) in [7, 11) is 0. The smallest absolute Gasteiger partial charge is 0.276 e. The molecule has 26 heavy (non-hydrogen) atoms. The van der Waals surface area contributed by atoms with Crippen LogP contribution in [0.2, 0.25) is 0 Å². The normalized spacial score (nSPS) is 11.4.